The third kappa shape index (κ3) is 3.73. The molecule has 2 saturated heterocycles. The molecule has 1 aromatic carbocycles. The molecule has 0 bridgehead atoms. The standard InChI is InChI=1S/C21H27N3O3/c1-22-12-10-21(11-13-22)16-24(15-14-23(21)2)20(25)18-8-9-19(27-18)26-17-6-4-3-5-7-17/h3-9H,10-16H2,1-2H3. The number of piperazine rings is 1. The minimum Gasteiger partial charge on any atom is -0.426 e. The van der Waals surface area contributed by atoms with Crippen LogP contribution in [0.5, 0.6) is 11.7 Å². The van der Waals surface area contributed by atoms with Crippen LogP contribution in [0.15, 0.2) is 46.9 Å². The number of hydrogen-bond acceptors (Lipinski definition) is 5. The predicted molar refractivity (Wildman–Crippen MR) is 103 cm³/mol. The van der Waals surface area contributed by atoms with Gasteiger partial charge in [-0.05, 0) is 58.2 Å². The topological polar surface area (TPSA) is 49.2 Å². The van der Waals surface area contributed by atoms with Gasteiger partial charge >= 0.3 is 0 Å². The van der Waals surface area contributed by atoms with Crippen LogP contribution in [-0.4, -0.2) is 73.0 Å². The lowest BCUT2D eigenvalue weighted by Crippen LogP contribution is -2.64. The molecule has 144 valence electrons. The first-order valence-corrected chi connectivity index (χ1v) is 9.58. The summed E-state index contributed by atoms with van der Waals surface area (Å²) in [4.78, 5) is 19.8. The number of piperidine rings is 1. The lowest BCUT2D eigenvalue weighted by Gasteiger charge is -2.52. The van der Waals surface area contributed by atoms with Crippen molar-refractivity contribution in [3.05, 3.63) is 48.2 Å². The summed E-state index contributed by atoms with van der Waals surface area (Å²) in [6.07, 6.45) is 2.18. The fraction of sp³-hybridized carbons (Fsp3) is 0.476. The molecule has 6 heteroatoms. The molecule has 1 aromatic heterocycles. The highest BCUT2D eigenvalue weighted by molar-refractivity contribution is 5.91. The zero-order chi connectivity index (χ0) is 18.9. The summed E-state index contributed by atoms with van der Waals surface area (Å²) in [6, 6.07) is 12.9. The highest BCUT2D eigenvalue weighted by Crippen LogP contribution is 2.32. The van der Waals surface area contributed by atoms with E-state index in [4.69, 9.17) is 9.15 Å². The van der Waals surface area contributed by atoms with Crippen molar-refractivity contribution in [1.29, 1.82) is 0 Å². The van der Waals surface area contributed by atoms with E-state index in [1.54, 1.807) is 12.1 Å². The molecule has 1 spiro atoms. The number of benzene rings is 1. The maximum atomic E-state index is 13.0. The molecular weight excluding hydrogens is 342 g/mol. The number of hydrogen-bond donors (Lipinski definition) is 0. The van der Waals surface area contributed by atoms with Gasteiger partial charge < -0.3 is 19.0 Å². The van der Waals surface area contributed by atoms with E-state index < -0.39 is 0 Å². The van der Waals surface area contributed by atoms with Gasteiger partial charge in [0, 0.05) is 31.2 Å². The molecule has 4 rings (SSSR count). The zero-order valence-electron chi connectivity index (χ0n) is 16.1. The largest absolute Gasteiger partial charge is 0.426 e. The van der Waals surface area contributed by atoms with Crippen LogP contribution < -0.4 is 4.74 Å². The number of ether oxygens (including phenoxy) is 1. The second-order valence-corrected chi connectivity index (χ2v) is 7.71. The molecule has 6 nitrogen and oxygen atoms in total. The Hall–Kier alpha value is -2.31. The smallest absolute Gasteiger partial charge is 0.290 e. The molecule has 0 aliphatic carbocycles. The number of rotatable bonds is 3. The van der Waals surface area contributed by atoms with E-state index in [1.807, 2.05) is 35.2 Å². The first kappa shape index (κ1) is 18.1. The molecule has 0 radical (unpaired) electrons. The van der Waals surface area contributed by atoms with E-state index in [9.17, 15) is 4.79 Å². The SMILES string of the molecule is CN1CCC2(CC1)CN(C(=O)c1ccc(Oc3ccccc3)o1)CCN2C. The summed E-state index contributed by atoms with van der Waals surface area (Å²) in [5, 5.41) is 0. The molecule has 0 atom stereocenters. The van der Waals surface area contributed by atoms with Gasteiger partial charge in [0.25, 0.3) is 11.9 Å². The van der Waals surface area contributed by atoms with Gasteiger partial charge in [-0.25, -0.2) is 0 Å². The van der Waals surface area contributed by atoms with Crippen LogP contribution in [0.3, 0.4) is 0 Å². The Balaban J connectivity index is 1.45. The Labute approximate surface area is 160 Å². The number of nitrogens with zero attached hydrogens (tertiary/aromatic N) is 3. The van der Waals surface area contributed by atoms with E-state index in [1.165, 1.54) is 0 Å². The molecule has 0 N–H and O–H groups in total. The van der Waals surface area contributed by atoms with Crippen molar-refractivity contribution >= 4 is 5.91 Å². The molecule has 2 aromatic rings. The second kappa shape index (κ2) is 7.37. The number of carbonyl (C=O) groups excluding carboxylic acids is 1. The van der Waals surface area contributed by atoms with Gasteiger partial charge in [0.2, 0.25) is 0 Å². The summed E-state index contributed by atoms with van der Waals surface area (Å²) in [6.45, 7) is 4.52. The fourth-order valence-corrected chi connectivity index (χ4v) is 4.06. The zero-order valence-corrected chi connectivity index (χ0v) is 16.1. The molecular formula is C21H27N3O3. The van der Waals surface area contributed by atoms with Crippen molar-refractivity contribution in [2.75, 3.05) is 46.8 Å². The van der Waals surface area contributed by atoms with Crippen LogP contribution in [0.25, 0.3) is 0 Å². The molecule has 3 heterocycles. The number of amides is 1. The maximum Gasteiger partial charge on any atom is 0.290 e. The normalized spacial score (nSPS) is 20.7. The van der Waals surface area contributed by atoms with Crippen LogP contribution in [-0.2, 0) is 0 Å². The van der Waals surface area contributed by atoms with Crippen LogP contribution in [0.1, 0.15) is 23.4 Å². The van der Waals surface area contributed by atoms with Crippen molar-refractivity contribution in [3.8, 4) is 11.7 Å². The Kier molecular flexibility index (Phi) is 4.93. The monoisotopic (exact) mass is 369 g/mol. The Morgan fingerprint density at radius 2 is 1.74 bits per heavy atom. The van der Waals surface area contributed by atoms with E-state index >= 15 is 0 Å². The van der Waals surface area contributed by atoms with Gasteiger partial charge in [0.1, 0.15) is 5.75 Å². The van der Waals surface area contributed by atoms with Gasteiger partial charge in [-0.15, -0.1) is 0 Å². The van der Waals surface area contributed by atoms with E-state index in [2.05, 4.69) is 23.9 Å². The molecule has 2 fully saturated rings. The van der Waals surface area contributed by atoms with Crippen LogP contribution in [0, 0.1) is 0 Å². The lowest BCUT2D eigenvalue weighted by atomic mass is 9.84. The lowest BCUT2D eigenvalue weighted by molar-refractivity contribution is -0.0180. The van der Waals surface area contributed by atoms with Gasteiger partial charge in [0.15, 0.2) is 5.76 Å². The summed E-state index contributed by atoms with van der Waals surface area (Å²) in [5.74, 6) is 1.32. The average Bonchev–Trinajstić information content (AvgIpc) is 3.15. The molecule has 0 saturated carbocycles. The highest BCUT2D eigenvalue weighted by atomic mass is 16.6. The molecule has 2 aliphatic heterocycles. The fourth-order valence-electron chi connectivity index (χ4n) is 4.06. The first-order chi connectivity index (χ1) is 13.1. The Bertz CT molecular complexity index is 781. The number of furan rings is 1. The van der Waals surface area contributed by atoms with Crippen molar-refractivity contribution in [1.82, 2.24) is 14.7 Å². The van der Waals surface area contributed by atoms with Gasteiger partial charge in [-0.3, -0.25) is 9.69 Å². The maximum absolute atomic E-state index is 13.0. The predicted octanol–water partition coefficient (Wildman–Crippen LogP) is 2.92. The van der Waals surface area contributed by atoms with Gasteiger partial charge in [-0.1, -0.05) is 18.2 Å². The van der Waals surface area contributed by atoms with E-state index in [0.29, 0.717) is 17.5 Å². The van der Waals surface area contributed by atoms with Crippen molar-refractivity contribution < 1.29 is 13.9 Å². The van der Waals surface area contributed by atoms with Crippen molar-refractivity contribution in [2.24, 2.45) is 0 Å². The summed E-state index contributed by atoms with van der Waals surface area (Å²) >= 11 is 0. The summed E-state index contributed by atoms with van der Waals surface area (Å²) in [5.41, 5.74) is 0.0797. The number of likely N-dealkylation sites (N-methyl/N-ethyl adjacent to an activating group) is 1. The molecule has 1 amide bonds. The van der Waals surface area contributed by atoms with Gasteiger partial charge in [-0.2, -0.15) is 0 Å². The van der Waals surface area contributed by atoms with Crippen LogP contribution in [0.4, 0.5) is 0 Å². The molecule has 2 aliphatic rings. The summed E-state index contributed by atoms with van der Waals surface area (Å²) in [7, 11) is 4.35. The highest BCUT2D eigenvalue weighted by Gasteiger charge is 2.43. The minimum absolute atomic E-state index is 0.0516. The van der Waals surface area contributed by atoms with Crippen LogP contribution in [0.2, 0.25) is 0 Å². The molecule has 0 unspecified atom stereocenters. The quantitative estimate of drug-likeness (QED) is 0.833. The number of carbonyl (C=O) groups is 1. The van der Waals surface area contributed by atoms with Crippen molar-refractivity contribution in [3.63, 3.8) is 0 Å². The Morgan fingerprint density at radius 3 is 2.48 bits per heavy atom. The van der Waals surface area contributed by atoms with Crippen LogP contribution >= 0.6 is 0 Å². The van der Waals surface area contributed by atoms with Crippen molar-refractivity contribution in [2.45, 2.75) is 18.4 Å². The van der Waals surface area contributed by atoms with E-state index in [-0.39, 0.29) is 11.4 Å². The molecule has 27 heavy (non-hydrogen) atoms. The average molecular weight is 369 g/mol. The third-order valence-electron chi connectivity index (χ3n) is 5.96. The first-order valence-electron chi connectivity index (χ1n) is 9.58. The number of likely N-dealkylation sites (tertiary alicyclic amines) is 1. The Morgan fingerprint density at radius 1 is 1.00 bits per heavy atom. The van der Waals surface area contributed by atoms with E-state index in [0.717, 1.165) is 45.6 Å². The summed E-state index contributed by atoms with van der Waals surface area (Å²) < 4.78 is 11.4. The number of para-hydroxylation sites is 1. The second-order valence-electron chi connectivity index (χ2n) is 7.71. The minimum atomic E-state index is -0.0516. The third-order valence-corrected chi connectivity index (χ3v) is 5.96. The van der Waals surface area contributed by atoms with Gasteiger partial charge in [0.05, 0.1) is 0 Å².